The van der Waals surface area contributed by atoms with Crippen molar-refractivity contribution in [2.75, 3.05) is 26.3 Å². The van der Waals surface area contributed by atoms with Gasteiger partial charge in [-0.25, -0.2) is 0 Å². The van der Waals surface area contributed by atoms with Gasteiger partial charge in [0.05, 0.1) is 13.2 Å². The van der Waals surface area contributed by atoms with Gasteiger partial charge in [-0.3, -0.25) is 0 Å². The Labute approximate surface area is 65.1 Å². The number of ether oxygens (including phenoxy) is 1. The smallest absolute Gasteiger partial charge is 0.209 e. The number of nitrogens with two attached hydrogens (primary N) is 1. The standard InChI is InChI=1S/C6H10N4O/c7-5-9-6(8)10-1-3-11-4-2-10/h1-4H2,(H2,8,9). The number of rotatable bonds is 0. The third-order valence-corrected chi connectivity index (χ3v) is 1.50. The van der Waals surface area contributed by atoms with Crippen LogP contribution in [0, 0.1) is 11.5 Å². The lowest BCUT2D eigenvalue weighted by Crippen LogP contribution is -2.44. The van der Waals surface area contributed by atoms with Crippen molar-refractivity contribution < 1.29 is 4.74 Å². The van der Waals surface area contributed by atoms with Gasteiger partial charge in [0.25, 0.3) is 0 Å². The van der Waals surface area contributed by atoms with Crippen LogP contribution in [0.5, 0.6) is 0 Å². The summed E-state index contributed by atoms with van der Waals surface area (Å²) in [6, 6.07) is 0. The zero-order valence-corrected chi connectivity index (χ0v) is 6.16. The van der Waals surface area contributed by atoms with Crippen molar-refractivity contribution in [3.05, 3.63) is 0 Å². The summed E-state index contributed by atoms with van der Waals surface area (Å²) in [4.78, 5) is 5.24. The molecule has 1 fully saturated rings. The van der Waals surface area contributed by atoms with Crippen LogP contribution in [0.4, 0.5) is 0 Å². The van der Waals surface area contributed by atoms with E-state index in [4.69, 9.17) is 15.7 Å². The van der Waals surface area contributed by atoms with Gasteiger partial charge in [-0.1, -0.05) is 0 Å². The van der Waals surface area contributed by atoms with Crippen molar-refractivity contribution in [1.82, 2.24) is 4.90 Å². The van der Waals surface area contributed by atoms with E-state index in [1.807, 2.05) is 4.90 Å². The molecule has 5 nitrogen and oxygen atoms in total. The molecule has 0 spiro atoms. The molecule has 0 aromatic rings. The second kappa shape index (κ2) is 3.78. The molecule has 0 unspecified atom stereocenters. The molecule has 0 atom stereocenters. The van der Waals surface area contributed by atoms with Crippen LogP contribution in [0.25, 0.3) is 0 Å². The van der Waals surface area contributed by atoms with Crippen molar-refractivity contribution in [3.63, 3.8) is 0 Å². The van der Waals surface area contributed by atoms with Crippen molar-refractivity contribution in [2.45, 2.75) is 0 Å². The van der Waals surface area contributed by atoms with Crippen LogP contribution in [0.15, 0.2) is 4.99 Å². The van der Waals surface area contributed by atoms with Crippen LogP contribution in [0.2, 0.25) is 0 Å². The molecule has 0 aromatic heterocycles. The van der Waals surface area contributed by atoms with Crippen LogP contribution in [0.3, 0.4) is 0 Å². The topological polar surface area (TPSA) is 74.6 Å². The minimum absolute atomic E-state index is 0.288. The summed E-state index contributed by atoms with van der Waals surface area (Å²) >= 11 is 0. The Morgan fingerprint density at radius 1 is 1.55 bits per heavy atom. The van der Waals surface area contributed by atoms with Crippen molar-refractivity contribution in [1.29, 1.82) is 5.26 Å². The highest BCUT2D eigenvalue weighted by Gasteiger charge is 2.11. The van der Waals surface area contributed by atoms with E-state index in [2.05, 4.69) is 4.99 Å². The summed E-state index contributed by atoms with van der Waals surface area (Å²) < 4.78 is 5.09. The van der Waals surface area contributed by atoms with Gasteiger partial charge >= 0.3 is 0 Å². The van der Waals surface area contributed by atoms with Gasteiger partial charge in [-0.15, -0.1) is 4.99 Å². The molecule has 1 aliphatic heterocycles. The Hall–Kier alpha value is -1.28. The van der Waals surface area contributed by atoms with E-state index in [0.717, 1.165) is 13.1 Å². The van der Waals surface area contributed by atoms with E-state index in [0.29, 0.717) is 13.2 Å². The molecule has 0 bridgehead atoms. The Balaban J connectivity index is 2.46. The summed E-state index contributed by atoms with van der Waals surface area (Å²) in [5, 5.41) is 8.19. The minimum atomic E-state index is 0.288. The number of aliphatic imine (C=N–C) groups is 1. The summed E-state index contributed by atoms with van der Waals surface area (Å²) in [5.74, 6) is 0.288. The molecule has 5 heteroatoms. The van der Waals surface area contributed by atoms with Gasteiger partial charge in [0.1, 0.15) is 0 Å². The van der Waals surface area contributed by atoms with Crippen LogP contribution in [0.1, 0.15) is 0 Å². The van der Waals surface area contributed by atoms with E-state index < -0.39 is 0 Å². The first kappa shape index (κ1) is 7.82. The maximum absolute atomic E-state index is 8.19. The highest BCUT2D eigenvalue weighted by atomic mass is 16.5. The molecule has 1 rings (SSSR count). The monoisotopic (exact) mass is 154 g/mol. The minimum Gasteiger partial charge on any atom is -0.378 e. The quantitative estimate of drug-likeness (QED) is 0.279. The van der Waals surface area contributed by atoms with E-state index in [9.17, 15) is 0 Å². The zero-order chi connectivity index (χ0) is 8.10. The second-order valence-corrected chi connectivity index (χ2v) is 2.17. The van der Waals surface area contributed by atoms with Crippen LogP contribution < -0.4 is 5.73 Å². The summed E-state index contributed by atoms with van der Waals surface area (Å²) in [6.45, 7) is 2.75. The maximum atomic E-state index is 8.19. The Kier molecular flexibility index (Phi) is 2.69. The first-order chi connectivity index (χ1) is 5.34. The molecule has 2 N–H and O–H groups in total. The van der Waals surface area contributed by atoms with Gasteiger partial charge in [-0.2, -0.15) is 5.26 Å². The number of nitriles is 1. The average Bonchev–Trinajstić information content (AvgIpc) is 2.07. The van der Waals surface area contributed by atoms with Crippen molar-refractivity contribution in [2.24, 2.45) is 10.7 Å². The Bertz CT molecular complexity index is 189. The molecule has 60 valence electrons. The third-order valence-electron chi connectivity index (χ3n) is 1.50. The number of guanidine groups is 1. The molecular formula is C6H10N4O. The zero-order valence-electron chi connectivity index (χ0n) is 6.16. The van der Waals surface area contributed by atoms with Crippen LogP contribution in [-0.2, 0) is 4.74 Å². The third kappa shape index (κ3) is 2.09. The predicted molar refractivity (Wildman–Crippen MR) is 39.6 cm³/mol. The molecule has 0 aliphatic carbocycles. The lowest BCUT2D eigenvalue weighted by atomic mass is 10.4. The molecule has 11 heavy (non-hydrogen) atoms. The van der Waals surface area contributed by atoms with E-state index in [1.165, 1.54) is 0 Å². The predicted octanol–water partition coefficient (Wildman–Crippen LogP) is -0.886. The number of morpholine rings is 1. The molecule has 0 saturated carbocycles. The molecule has 1 aliphatic rings. The lowest BCUT2D eigenvalue weighted by molar-refractivity contribution is 0.0675. The fourth-order valence-corrected chi connectivity index (χ4v) is 0.914. The largest absolute Gasteiger partial charge is 0.378 e. The summed E-state index contributed by atoms with van der Waals surface area (Å²) in [7, 11) is 0. The average molecular weight is 154 g/mol. The molecule has 0 aromatic carbocycles. The highest BCUT2D eigenvalue weighted by molar-refractivity contribution is 5.78. The number of hydrogen-bond donors (Lipinski definition) is 1. The molecule has 1 saturated heterocycles. The van der Waals surface area contributed by atoms with Crippen LogP contribution >= 0.6 is 0 Å². The van der Waals surface area contributed by atoms with E-state index in [-0.39, 0.29) is 5.96 Å². The van der Waals surface area contributed by atoms with Gasteiger partial charge in [0.2, 0.25) is 12.2 Å². The fourth-order valence-electron chi connectivity index (χ4n) is 0.914. The first-order valence-corrected chi connectivity index (χ1v) is 3.39. The Morgan fingerprint density at radius 2 is 2.18 bits per heavy atom. The lowest BCUT2D eigenvalue weighted by Gasteiger charge is -2.26. The van der Waals surface area contributed by atoms with Gasteiger partial charge in [0.15, 0.2) is 0 Å². The number of nitrogens with zero attached hydrogens (tertiary/aromatic N) is 3. The summed E-state index contributed by atoms with van der Waals surface area (Å²) in [6.07, 6.45) is 1.65. The molecular weight excluding hydrogens is 144 g/mol. The van der Waals surface area contributed by atoms with Gasteiger partial charge in [0, 0.05) is 13.1 Å². The molecule has 0 amide bonds. The van der Waals surface area contributed by atoms with Crippen molar-refractivity contribution >= 4 is 5.96 Å². The maximum Gasteiger partial charge on any atom is 0.209 e. The SMILES string of the molecule is N#CN=C(N)N1CCOCC1. The van der Waals surface area contributed by atoms with Gasteiger partial charge in [-0.05, 0) is 0 Å². The van der Waals surface area contributed by atoms with E-state index in [1.54, 1.807) is 6.19 Å². The summed E-state index contributed by atoms with van der Waals surface area (Å²) in [5.41, 5.74) is 5.46. The molecule has 0 radical (unpaired) electrons. The second-order valence-electron chi connectivity index (χ2n) is 2.17. The fraction of sp³-hybridized carbons (Fsp3) is 0.667. The number of hydrogen-bond acceptors (Lipinski definition) is 3. The van der Waals surface area contributed by atoms with Gasteiger partial charge < -0.3 is 15.4 Å². The first-order valence-electron chi connectivity index (χ1n) is 3.39. The Morgan fingerprint density at radius 3 is 2.73 bits per heavy atom. The highest BCUT2D eigenvalue weighted by Crippen LogP contribution is 1.95. The normalized spacial score (nSPS) is 19.5. The molecule has 1 heterocycles. The van der Waals surface area contributed by atoms with Crippen LogP contribution in [-0.4, -0.2) is 37.2 Å². The van der Waals surface area contributed by atoms with E-state index >= 15 is 0 Å². The van der Waals surface area contributed by atoms with Crippen molar-refractivity contribution in [3.8, 4) is 6.19 Å².